The number of hydrogen-bond donors (Lipinski definition) is 0. The Balaban J connectivity index is 2.36. The van der Waals surface area contributed by atoms with Gasteiger partial charge in [-0.3, -0.25) is 4.79 Å². The standard InChI is InChI=1S/C22H37NOS/c1-3-5-7-9-14-18-23(19-15-10-8-6-4-2)22(24)20-25-21-16-12-11-13-17-21/h11-13,16-17H,3-10,14-15,18-20H2,1-2H3. The summed E-state index contributed by atoms with van der Waals surface area (Å²) in [5.41, 5.74) is 0. The molecule has 142 valence electrons. The Morgan fingerprint density at radius 1 is 0.800 bits per heavy atom. The molecular weight excluding hydrogens is 326 g/mol. The van der Waals surface area contributed by atoms with Crippen molar-refractivity contribution in [1.29, 1.82) is 0 Å². The van der Waals surface area contributed by atoms with Crippen LogP contribution in [-0.2, 0) is 4.79 Å². The van der Waals surface area contributed by atoms with E-state index < -0.39 is 0 Å². The van der Waals surface area contributed by atoms with Gasteiger partial charge in [-0.1, -0.05) is 83.4 Å². The van der Waals surface area contributed by atoms with Gasteiger partial charge in [0.05, 0.1) is 5.75 Å². The van der Waals surface area contributed by atoms with E-state index in [9.17, 15) is 4.79 Å². The Labute approximate surface area is 159 Å². The summed E-state index contributed by atoms with van der Waals surface area (Å²) in [5.74, 6) is 0.869. The molecule has 0 saturated heterocycles. The molecule has 3 heteroatoms. The minimum absolute atomic E-state index is 0.305. The molecule has 0 radical (unpaired) electrons. The molecule has 25 heavy (non-hydrogen) atoms. The highest BCUT2D eigenvalue weighted by Crippen LogP contribution is 2.18. The molecule has 2 nitrogen and oxygen atoms in total. The van der Waals surface area contributed by atoms with Gasteiger partial charge in [-0.25, -0.2) is 0 Å². The van der Waals surface area contributed by atoms with Crippen LogP contribution in [-0.4, -0.2) is 29.6 Å². The predicted molar refractivity (Wildman–Crippen MR) is 111 cm³/mol. The van der Waals surface area contributed by atoms with Crippen molar-refractivity contribution in [3.8, 4) is 0 Å². The summed E-state index contributed by atoms with van der Waals surface area (Å²) in [7, 11) is 0. The van der Waals surface area contributed by atoms with E-state index in [1.807, 2.05) is 18.2 Å². The van der Waals surface area contributed by atoms with Crippen LogP contribution >= 0.6 is 11.8 Å². The summed E-state index contributed by atoms with van der Waals surface area (Å²) in [6.45, 7) is 6.36. The van der Waals surface area contributed by atoms with Crippen LogP contribution in [0.1, 0.15) is 78.1 Å². The minimum atomic E-state index is 0.305. The average molecular weight is 364 g/mol. The Kier molecular flexibility index (Phi) is 13.5. The van der Waals surface area contributed by atoms with Crippen molar-refractivity contribution in [3.05, 3.63) is 30.3 Å². The number of benzene rings is 1. The van der Waals surface area contributed by atoms with Gasteiger partial charge in [-0.15, -0.1) is 11.8 Å². The maximum absolute atomic E-state index is 12.7. The first-order chi connectivity index (χ1) is 12.3. The van der Waals surface area contributed by atoms with Gasteiger partial charge >= 0.3 is 0 Å². The molecule has 1 aromatic rings. The van der Waals surface area contributed by atoms with Crippen molar-refractivity contribution in [3.63, 3.8) is 0 Å². The zero-order valence-corrected chi connectivity index (χ0v) is 17.2. The first-order valence-corrected chi connectivity index (χ1v) is 11.2. The van der Waals surface area contributed by atoms with Crippen LogP contribution in [0.15, 0.2) is 35.2 Å². The Bertz CT molecular complexity index is 421. The highest BCUT2D eigenvalue weighted by atomic mass is 32.2. The number of carbonyl (C=O) groups is 1. The van der Waals surface area contributed by atoms with Crippen molar-refractivity contribution >= 4 is 17.7 Å². The highest BCUT2D eigenvalue weighted by molar-refractivity contribution is 8.00. The molecule has 0 N–H and O–H groups in total. The van der Waals surface area contributed by atoms with Gasteiger partial charge in [0.25, 0.3) is 0 Å². The predicted octanol–water partition coefficient (Wildman–Crippen LogP) is 6.55. The Hall–Kier alpha value is -0.960. The van der Waals surface area contributed by atoms with Gasteiger partial charge in [0.15, 0.2) is 0 Å². The number of rotatable bonds is 15. The van der Waals surface area contributed by atoms with Crippen LogP contribution in [0.25, 0.3) is 0 Å². The Morgan fingerprint density at radius 3 is 1.84 bits per heavy atom. The van der Waals surface area contributed by atoms with E-state index in [1.165, 1.54) is 56.3 Å². The molecule has 0 aromatic heterocycles. The fourth-order valence-electron chi connectivity index (χ4n) is 2.93. The largest absolute Gasteiger partial charge is 0.342 e. The second kappa shape index (κ2) is 15.3. The van der Waals surface area contributed by atoms with E-state index in [2.05, 4.69) is 30.9 Å². The molecule has 0 unspecified atom stereocenters. The second-order valence-corrected chi connectivity index (χ2v) is 7.86. The molecule has 0 aliphatic rings. The van der Waals surface area contributed by atoms with E-state index in [4.69, 9.17) is 0 Å². The van der Waals surface area contributed by atoms with Gasteiger partial charge in [0.2, 0.25) is 5.91 Å². The van der Waals surface area contributed by atoms with Gasteiger partial charge in [0, 0.05) is 18.0 Å². The summed E-state index contributed by atoms with van der Waals surface area (Å²) in [6, 6.07) is 10.2. The normalized spacial score (nSPS) is 10.8. The van der Waals surface area contributed by atoms with E-state index in [1.54, 1.807) is 11.8 Å². The molecule has 1 aromatic carbocycles. The van der Waals surface area contributed by atoms with Crippen LogP contribution < -0.4 is 0 Å². The van der Waals surface area contributed by atoms with Crippen molar-refractivity contribution < 1.29 is 4.79 Å². The van der Waals surface area contributed by atoms with E-state index in [0.717, 1.165) is 25.9 Å². The number of nitrogens with zero attached hydrogens (tertiary/aromatic N) is 1. The van der Waals surface area contributed by atoms with Crippen molar-refractivity contribution in [2.75, 3.05) is 18.8 Å². The number of hydrogen-bond acceptors (Lipinski definition) is 2. The lowest BCUT2D eigenvalue weighted by molar-refractivity contribution is -0.128. The Morgan fingerprint density at radius 2 is 1.32 bits per heavy atom. The lowest BCUT2D eigenvalue weighted by Gasteiger charge is -2.23. The van der Waals surface area contributed by atoms with E-state index in [0.29, 0.717) is 11.7 Å². The van der Waals surface area contributed by atoms with Gasteiger partial charge in [-0.2, -0.15) is 0 Å². The summed E-state index contributed by atoms with van der Waals surface area (Å²) in [6.07, 6.45) is 12.6. The molecular formula is C22H37NOS. The minimum Gasteiger partial charge on any atom is -0.342 e. The zero-order valence-electron chi connectivity index (χ0n) is 16.3. The fourth-order valence-corrected chi connectivity index (χ4v) is 3.75. The lowest BCUT2D eigenvalue weighted by atomic mass is 10.1. The van der Waals surface area contributed by atoms with Crippen molar-refractivity contribution in [1.82, 2.24) is 4.90 Å². The quantitative estimate of drug-likeness (QED) is 0.260. The fraction of sp³-hybridized carbons (Fsp3) is 0.682. The first-order valence-electron chi connectivity index (χ1n) is 10.2. The molecule has 0 aliphatic carbocycles. The molecule has 1 rings (SSSR count). The number of carbonyl (C=O) groups excluding carboxylic acids is 1. The third kappa shape index (κ3) is 11.3. The topological polar surface area (TPSA) is 20.3 Å². The lowest BCUT2D eigenvalue weighted by Crippen LogP contribution is -2.34. The molecule has 0 fully saturated rings. The maximum atomic E-state index is 12.7. The molecule has 0 spiro atoms. The van der Waals surface area contributed by atoms with Crippen LogP contribution in [0.5, 0.6) is 0 Å². The molecule has 0 atom stereocenters. The molecule has 1 amide bonds. The van der Waals surface area contributed by atoms with Crippen LogP contribution in [0.4, 0.5) is 0 Å². The SMILES string of the molecule is CCCCCCCN(CCCCCCC)C(=O)CSc1ccccc1. The second-order valence-electron chi connectivity index (χ2n) is 6.81. The third-order valence-electron chi connectivity index (χ3n) is 4.52. The zero-order chi connectivity index (χ0) is 18.2. The monoisotopic (exact) mass is 363 g/mol. The highest BCUT2D eigenvalue weighted by Gasteiger charge is 2.13. The van der Waals surface area contributed by atoms with Crippen LogP contribution in [0, 0.1) is 0 Å². The van der Waals surface area contributed by atoms with Crippen molar-refractivity contribution in [2.45, 2.75) is 83.0 Å². The van der Waals surface area contributed by atoms with Crippen molar-refractivity contribution in [2.24, 2.45) is 0 Å². The van der Waals surface area contributed by atoms with Gasteiger partial charge in [-0.05, 0) is 25.0 Å². The summed E-state index contributed by atoms with van der Waals surface area (Å²) >= 11 is 1.66. The average Bonchev–Trinajstić information content (AvgIpc) is 2.65. The summed E-state index contributed by atoms with van der Waals surface area (Å²) in [4.78, 5) is 16.0. The maximum Gasteiger partial charge on any atom is 0.232 e. The van der Waals surface area contributed by atoms with Crippen LogP contribution in [0.2, 0.25) is 0 Å². The summed E-state index contributed by atoms with van der Waals surface area (Å²) < 4.78 is 0. The molecule has 0 aliphatic heterocycles. The molecule has 0 heterocycles. The smallest absolute Gasteiger partial charge is 0.232 e. The number of unbranched alkanes of at least 4 members (excludes halogenated alkanes) is 8. The first kappa shape index (κ1) is 22.1. The third-order valence-corrected chi connectivity index (χ3v) is 5.52. The number of amides is 1. The van der Waals surface area contributed by atoms with Gasteiger partial charge < -0.3 is 4.90 Å². The van der Waals surface area contributed by atoms with E-state index >= 15 is 0 Å². The molecule has 0 saturated carbocycles. The molecule has 0 bridgehead atoms. The van der Waals surface area contributed by atoms with Crippen LogP contribution in [0.3, 0.4) is 0 Å². The van der Waals surface area contributed by atoms with E-state index in [-0.39, 0.29) is 0 Å². The summed E-state index contributed by atoms with van der Waals surface area (Å²) in [5, 5.41) is 0. The van der Waals surface area contributed by atoms with Gasteiger partial charge in [0.1, 0.15) is 0 Å². The number of thioether (sulfide) groups is 1.